The van der Waals surface area contributed by atoms with Gasteiger partial charge in [0.15, 0.2) is 5.96 Å². The molecule has 9 N–H and O–H groups in total. The molecule has 0 radical (unpaired) electrons. The van der Waals surface area contributed by atoms with Crippen LogP contribution in [0.2, 0.25) is 0 Å². The quantitative estimate of drug-likeness (QED) is 0.109. The summed E-state index contributed by atoms with van der Waals surface area (Å²) in [5.41, 5.74) is 19.8. The molecule has 0 saturated carbocycles. The van der Waals surface area contributed by atoms with E-state index < -0.39 is 41.9 Å². The molecule has 0 unspecified atom stereocenters. The number of nitrogens with one attached hydrogen (secondary N) is 3. The average molecular weight is 678 g/mol. The molecular weight excluding hydrogens is 622 g/mol. The van der Waals surface area contributed by atoms with Gasteiger partial charge in [-0.25, -0.2) is 0 Å². The molecule has 0 bridgehead atoms. The van der Waals surface area contributed by atoms with E-state index >= 15 is 0 Å². The summed E-state index contributed by atoms with van der Waals surface area (Å²) in [7, 11) is 1.63. The smallest absolute Gasteiger partial charge is 0.245 e. The molecule has 268 valence electrons. The molecule has 13 nitrogen and oxygen atoms in total. The fourth-order valence-electron chi connectivity index (χ4n) is 5.85. The van der Waals surface area contributed by atoms with Gasteiger partial charge in [-0.3, -0.25) is 24.2 Å². The molecule has 1 saturated heterocycles. The van der Waals surface area contributed by atoms with Gasteiger partial charge < -0.3 is 43.0 Å². The van der Waals surface area contributed by atoms with Crippen molar-refractivity contribution in [3.8, 4) is 0 Å². The summed E-state index contributed by atoms with van der Waals surface area (Å²) in [6.45, 7) is 6.41. The molecule has 1 aliphatic heterocycles. The largest absolute Gasteiger partial charge is 0.370 e. The zero-order chi connectivity index (χ0) is 35.8. The van der Waals surface area contributed by atoms with E-state index in [-0.39, 0.29) is 18.2 Å². The Bertz CT molecular complexity index is 1370. The Morgan fingerprint density at radius 3 is 1.88 bits per heavy atom. The van der Waals surface area contributed by atoms with E-state index in [2.05, 4.69) is 20.9 Å². The number of carbonyl (C=O) groups is 4. The predicted octanol–water partition coefficient (Wildman–Crippen LogP) is 0.517. The first-order chi connectivity index (χ1) is 23.5. The first-order valence-electron chi connectivity index (χ1n) is 17.2. The third-order valence-electron chi connectivity index (χ3n) is 8.56. The van der Waals surface area contributed by atoms with Gasteiger partial charge in [0.2, 0.25) is 23.6 Å². The standard InChI is InChI=1S/C36H55N9O4/c1-25(2)22-30(33(47)41-29(16-10-17-37)35(49)44-18-11-19-45(21-20-44)36(39)40-3)43-34(48)31(24-27-14-8-5-9-15-27)42-32(46)28(38)23-26-12-6-4-7-13-26/h4-9,12-15,25,28-31H,10-11,16-24,37-38H2,1-3H3,(H2,39,40)(H,41,47)(H,42,46)(H,43,48)/t28-,29-,30-,31-/m1/s1. The third kappa shape index (κ3) is 12.8. The van der Waals surface area contributed by atoms with E-state index in [4.69, 9.17) is 17.2 Å². The van der Waals surface area contributed by atoms with E-state index in [0.717, 1.165) is 11.1 Å². The van der Waals surface area contributed by atoms with Crippen LogP contribution < -0.4 is 33.2 Å². The topological polar surface area (TPSA) is 201 Å². The summed E-state index contributed by atoms with van der Waals surface area (Å²) in [4.78, 5) is 62.5. The second-order valence-electron chi connectivity index (χ2n) is 13.0. The van der Waals surface area contributed by atoms with Gasteiger partial charge >= 0.3 is 0 Å². The van der Waals surface area contributed by atoms with Crippen molar-refractivity contribution in [2.75, 3.05) is 39.8 Å². The van der Waals surface area contributed by atoms with Crippen LogP contribution in [0.4, 0.5) is 0 Å². The number of rotatable bonds is 16. The highest BCUT2D eigenvalue weighted by atomic mass is 16.2. The monoisotopic (exact) mass is 677 g/mol. The normalized spacial score (nSPS) is 16.2. The molecule has 0 spiro atoms. The summed E-state index contributed by atoms with van der Waals surface area (Å²) in [6.07, 6.45) is 2.41. The Kier molecular flexibility index (Phi) is 16.0. The van der Waals surface area contributed by atoms with Crippen molar-refractivity contribution in [2.45, 2.75) is 76.5 Å². The molecule has 1 heterocycles. The highest BCUT2D eigenvalue weighted by molar-refractivity contribution is 5.95. The Labute approximate surface area is 290 Å². The number of nitrogens with zero attached hydrogens (tertiary/aromatic N) is 3. The van der Waals surface area contributed by atoms with E-state index in [1.54, 1.807) is 11.9 Å². The minimum atomic E-state index is -0.993. The molecular formula is C36H55N9O4. The predicted molar refractivity (Wildman–Crippen MR) is 192 cm³/mol. The van der Waals surface area contributed by atoms with Gasteiger partial charge in [0.05, 0.1) is 6.04 Å². The first kappa shape index (κ1) is 39.0. The Hall–Kier alpha value is -4.49. The third-order valence-corrected chi connectivity index (χ3v) is 8.56. The minimum Gasteiger partial charge on any atom is -0.370 e. The lowest BCUT2D eigenvalue weighted by Crippen LogP contribution is -2.59. The number of guanidine groups is 1. The van der Waals surface area contributed by atoms with Crippen molar-refractivity contribution in [1.29, 1.82) is 0 Å². The van der Waals surface area contributed by atoms with Crippen molar-refractivity contribution in [2.24, 2.45) is 28.1 Å². The van der Waals surface area contributed by atoms with Crippen molar-refractivity contribution in [3.05, 3.63) is 71.8 Å². The second-order valence-corrected chi connectivity index (χ2v) is 13.0. The Balaban J connectivity index is 1.76. The van der Waals surface area contributed by atoms with Crippen molar-refractivity contribution in [3.63, 3.8) is 0 Å². The van der Waals surface area contributed by atoms with Crippen LogP contribution in [0.3, 0.4) is 0 Å². The minimum absolute atomic E-state index is 0.0398. The number of benzene rings is 2. The van der Waals surface area contributed by atoms with E-state index in [0.29, 0.717) is 70.8 Å². The van der Waals surface area contributed by atoms with Crippen LogP contribution in [0.25, 0.3) is 0 Å². The maximum absolute atomic E-state index is 13.9. The van der Waals surface area contributed by atoms with Crippen LogP contribution in [-0.2, 0) is 32.0 Å². The molecule has 4 atom stereocenters. The fraction of sp³-hybridized carbons (Fsp3) is 0.528. The molecule has 0 aromatic heterocycles. The van der Waals surface area contributed by atoms with Gasteiger partial charge in [-0.2, -0.15) is 0 Å². The SMILES string of the molecule is CN=C(N)N1CCCN(C(=O)[C@@H](CCCN)NC(=O)[C@@H](CC(C)C)NC(=O)[C@@H](Cc2ccccc2)NC(=O)[C@H](N)Cc2ccccc2)CC1. The average Bonchev–Trinajstić information content (AvgIpc) is 3.36. The molecule has 49 heavy (non-hydrogen) atoms. The maximum atomic E-state index is 13.9. The van der Waals surface area contributed by atoms with E-state index in [1.807, 2.05) is 79.4 Å². The van der Waals surface area contributed by atoms with Crippen LogP contribution >= 0.6 is 0 Å². The maximum Gasteiger partial charge on any atom is 0.245 e. The lowest BCUT2D eigenvalue weighted by molar-refractivity contribution is -0.138. The van der Waals surface area contributed by atoms with E-state index in [1.165, 1.54) is 0 Å². The van der Waals surface area contributed by atoms with Gasteiger partial charge in [-0.15, -0.1) is 0 Å². The number of hydrogen-bond acceptors (Lipinski definition) is 7. The lowest BCUT2D eigenvalue weighted by atomic mass is 9.99. The number of aliphatic imine (C=N–C) groups is 1. The zero-order valence-corrected chi connectivity index (χ0v) is 29.1. The molecule has 4 amide bonds. The van der Waals surface area contributed by atoms with Crippen molar-refractivity contribution < 1.29 is 19.2 Å². The van der Waals surface area contributed by atoms with Gasteiger partial charge in [-0.05, 0) is 55.7 Å². The second kappa shape index (κ2) is 20.1. The molecule has 2 aromatic carbocycles. The van der Waals surface area contributed by atoms with Crippen LogP contribution in [0.5, 0.6) is 0 Å². The van der Waals surface area contributed by atoms with Crippen LogP contribution in [-0.4, -0.2) is 103 Å². The number of amides is 4. The number of nitrogens with two attached hydrogens (primary N) is 3. The summed E-state index contributed by atoms with van der Waals surface area (Å²) >= 11 is 0. The molecule has 0 aliphatic carbocycles. The number of hydrogen-bond donors (Lipinski definition) is 6. The van der Waals surface area contributed by atoms with Crippen molar-refractivity contribution >= 4 is 29.6 Å². The van der Waals surface area contributed by atoms with Gasteiger partial charge in [0.1, 0.15) is 18.1 Å². The highest BCUT2D eigenvalue weighted by Crippen LogP contribution is 2.12. The zero-order valence-electron chi connectivity index (χ0n) is 29.1. The highest BCUT2D eigenvalue weighted by Gasteiger charge is 2.33. The molecule has 13 heteroatoms. The Morgan fingerprint density at radius 1 is 0.755 bits per heavy atom. The molecule has 1 fully saturated rings. The molecule has 2 aromatic rings. The van der Waals surface area contributed by atoms with Gasteiger partial charge in [0, 0.05) is 39.6 Å². The van der Waals surface area contributed by atoms with Crippen molar-refractivity contribution in [1.82, 2.24) is 25.8 Å². The van der Waals surface area contributed by atoms with Gasteiger partial charge in [-0.1, -0.05) is 74.5 Å². The summed E-state index contributed by atoms with van der Waals surface area (Å²) < 4.78 is 0. The van der Waals surface area contributed by atoms with Crippen LogP contribution in [0.1, 0.15) is 50.7 Å². The van der Waals surface area contributed by atoms with Crippen LogP contribution in [0.15, 0.2) is 65.7 Å². The molecule has 3 rings (SSSR count). The van der Waals surface area contributed by atoms with E-state index in [9.17, 15) is 19.2 Å². The summed E-state index contributed by atoms with van der Waals surface area (Å²) in [5.74, 6) is -1.20. The summed E-state index contributed by atoms with van der Waals surface area (Å²) in [6, 6.07) is 15.1. The molecule has 1 aliphatic rings. The Morgan fingerprint density at radius 2 is 1.29 bits per heavy atom. The summed E-state index contributed by atoms with van der Waals surface area (Å²) in [5, 5.41) is 8.65. The lowest BCUT2D eigenvalue weighted by Gasteiger charge is -2.29. The fourth-order valence-corrected chi connectivity index (χ4v) is 5.85. The van der Waals surface area contributed by atoms with Crippen LogP contribution in [0, 0.1) is 5.92 Å². The van der Waals surface area contributed by atoms with Gasteiger partial charge in [0.25, 0.3) is 0 Å². The number of carbonyl (C=O) groups excluding carboxylic acids is 4. The first-order valence-corrected chi connectivity index (χ1v) is 17.2.